The molecule has 1 N–H and O–H groups in total. The van der Waals surface area contributed by atoms with E-state index in [0.29, 0.717) is 13.0 Å². The van der Waals surface area contributed by atoms with Crippen LogP contribution in [0.2, 0.25) is 0 Å². The van der Waals surface area contributed by atoms with Crippen LogP contribution >= 0.6 is 0 Å². The van der Waals surface area contributed by atoms with Gasteiger partial charge in [0.05, 0.1) is 19.3 Å². The summed E-state index contributed by atoms with van der Waals surface area (Å²) in [5, 5.41) is 7.23. The molecule has 0 radical (unpaired) electrons. The predicted octanol–water partition coefficient (Wildman–Crippen LogP) is 1.25. The molecule has 1 atom stereocenters. The van der Waals surface area contributed by atoms with Crippen LogP contribution in [0.1, 0.15) is 24.4 Å². The fourth-order valence-corrected chi connectivity index (χ4v) is 3.05. The third-order valence-corrected chi connectivity index (χ3v) is 4.40. The Kier molecular flexibility index (Phi) is 6.53. The molecule has 2 aromatic rings. The first-order valence-electron chi connectivity index (χ1n) is 8.79. The van der Waals surface area contributed by atoms with Crippen LogP contribution in [-0.2, 0) is 16.1 Å². The molecule has 1 aliphatic rings. The lowest BCUT2D eigenvalue weighted by Crippen LogP contribution is -2.43. The zero-order valence-electron chi connectivity index (χ0n) is 14.4. The van der Waals surface area contributed by atoms with Crippen molar-refractivity contribution in [2.75, 3.05) is 32.8 Å². The van der Waals surface area contributed by atoms with Gasteiger partial charge in [0, 0.05) is 57.4 Å². The number of carbonyl (C=O) groups is 1. The topological polar surface area (TPSA) is 72.3 Å². The van der Waals surface area contributed by atoms with Gasteiger partial charge in [-0.3, -0.25) is 19.4 Å². The highest BCUT2D eigenvalue weighted by Gasteiger charge is 2.23. The van der Waals surface area contributed by atoms with Crippen molar-refractivity contribution in [1.29, 1.82) is 0 Å². The van der Waals surface area contributed by atoms with E-state index in [1.807, 2.05) is 29.2 Å². The summed E-state index contributed by atoms with van der Waals surface area (Å²) in [6.45, 7) is 4.55. The number of pyridine rings is 1. The summed E-state index contributed by atoms with van der Waals surface area (Å²) < 4.78 is 7.29. The second kappa shape index (κ2) is 9.29. The first kappa shape index (κ1) is 17.6. The Labute approximate surface area is 148 Å². The van der Waals surface area contributed by atoms with E-state index in [4.69, 9.17) is 4.74 Å². The summed E-state index contributed by atoms with van der Waals surface area (Å²) >= 11 is 0. The van der Waals surface area contributed by atoms with Gasteiger partial charge >= 0.3 is 0 Å². The lowest BCUT2D eigenvalue weighted by Gasteiger charge is -2.34. The van der Waals surface area contributed by atoms with Gasteiger partial charge in [-0.25, -0.2) is 0 Å². The van der Waals surface area contributed by atoms with Crippen LogP contribution in [0, 0.1) is 0 Å². The molecule has 134 valence electrons. The van der Waals surface area contributed by atoms with Crippen molar-refractivity contribution in [1.82, 2.24) is 25.0 Å². The number of amides is 1. The van der Waals surface area contributed by atoms with E-state index in [9.17, 15) is 4.79 Å². The average Bonchev–Trinajstić information content (AvgIpc) is 3.17. The maximum absolute atomic E-state index is 12.2. The number of carbonyl (C=O) groups excluding carboxylic acids is 1. The Morgan fingerprint density at radius 1 is 1.28 bits per heavy atom. The third kappa shape index (κ3) is 5.37. The van der Waals surface area contributed by atoms with Crippen molar-refractivity contribution in [3.8, 4) is 0 Å². The molecule has 1 saturated heterocycles. The minimum atomic E-state index is 0.0781. The minimum Gasteiger partial charge on any atom is -0.379 e. The monoisotopic (exact) mass is 343 g/mol. The summed E-state index contributed by atoms with van der Waals surface area (Å²) in [7, 11) is 0. The predicted molar refractivity (Wildman–Crippen MR) is 93.8 cm³/mol. The van der Waals surface area contributed by atoms with Crippen molar-refractivity contribution in [2.45, 2.75) is 25.4 Å². The number of hydrogen-bond acceptors (Lipinski definition) is 5. The highest BCUT2D eigenvalue weighted by Crippen LogP contribution is 2.20. The van der Waals surface area contributed by atoms with Gasteiger partial charge in [0.15, 0.2) is 0 Å². The van der Waals surface area contributed by atoms with E-state index >= 15 is 0 Å². The normalized spacial score (nSPS) is 16.5. The Balaban J connectivity index is 1.50. The molecule has 25 heavy (non-hydrogen) atoms. The molecule has 0 unspecified atom stereocenters. The molecule has 2 aromatic heterocycles. The van der Waals surface area contributed by atoms with Crippen LogP contribution in [0.5, 0.6) is 0 Å². The van der Waals surface area contributed by atoms with Crippen LogP contribution in [0.4, 0.5) is 0 Å². The highest BCUT2D eigenvalue weighted by atomic mass is 16.5. The Hall–Kier alpha value is -2.25. The molecule has 7 nitrogen and oxygen atoms in total. The van der Waals surface area contributed by atoms with Gasteiger partial charge in [0.1, 0.15) is 0 Å². The van der Waals surface area contributed by atoms with Gasteiger partial charge in [-0.2, -0.15) is 5.10 Å². The standard InChI is InChI=1S/C18H25N5O2/c24-18(5-2-8-23-9-3-7-21-23)20-15-17(16-4-1-6-19-14-16)22-10-12-25-13-11-22/h1,3-4,6-7,9,14,17H,2,5,8,10-13,15H2,(H,20,24)/t17-/m1/s1. The van der Waals surface area contributed by atoms with Crippen molar-refractivity contribution in [3.05, 3.63) is 48.5 Å². The molecule has 1 amide bonds. The molecular formula is C18H25N5O2. The first-order valence-corrected chi connectivity index (χ1v) is 8.79. The van der Waals surface area contributed by atoms with E-state index in [2.05, 4.69) is 26.4 Å². The molecule has 1 aliphatic heterocycles. The SMILES string of the molecule is O=C(CCCn1cccn1)NC[C@H](c1cccnc1)N1CCOCC1. The number of nitrogens with one attached hydrogen (secondary N) is 1. The second-order valence-electron chi connectivity index (χ2n) is 6.13. The molecule has 3 rings (SSSR count). The number of aromatic nitrogens is 3. The maximum Gasteiger partial charge on any atom is 0.220 e. The summed E-state index contributed by atoms with van der Waals surface area (Å²) in [5.74, 6) is 0.0781. The fraction of sp³-hybridized carbons (Fsp3) is 0.500. The number of hydrogen-bond donors (Lipinski definition) is 1. The van der Waals surface area contributed by atoms with Crippen LogP contribution in [-0.4, -0.2) is 58.4 Å². The summed E-state index contributed by atoms with van der Waals surface area (Å²) in [4.78, 5) is 18.8. The molecule has 0 aromatic carbocycles. The van der Waals surface area contributed by atoms with E-state index < -0.39 is 0 Å². The largest absolute Gasteiger partial charge is 0.379 e. The molecule has 3 heterocycles. The minimum absolute atomic E-state index is 0.0781. The van der Waals surface area contributed by atoms with E-state index in [1.54, 1.807) is 12.4 Å². The number of ether oxygens (including phenoxy) is 1. The van der Waals surface area contributed by atoms with E-state index in [1.165, 1.54) is 0 Å². The average molecular weight is 343 g/mol. The fourth-order valence-electron chi connectivity index (χ4n) is 3.05. The smallest absolute Gasteiger partial charge is 0.220 e. The van der Waals surface area contributed by atoms with Crippen molar-refractivity contribution < 1.29 is 9.53 Å². The second-order valence-corrected chi connectivity index (χ2v) is 6.13. The van der Waals surface area contributed by atoms with Gasteiger partial charge in [-0.15, -0.1) is 0 Å². The molecule has 0 spiro atoms. The lowest BCUT2D eigenvalue weighted by atomic mass is 10.1. The zero-order valence-corrected chi connectivity index (χ0v) is 14.4. The first-order chi connectivity index (χ1) is 12.3. The van der Waals surface area contributed by atoms with E-state index in [0.717, 1.165) is 44.8 Å². The van der Waals surface area contributed by atoms with Crippen molar-refractivity contribution >= 4 is 5.91 Å². The van der Waals surface area contributed by atoms with Crippen LogP contribution in [0.3, 0.4) is 0 Å². The molecule has 0 bridgehead atoms. The number of morpholine rings is 1. The Bertz CT molecular complexity index is 626. The number of rotatable bonds is 8. The van der Waals surface area contributed by atoms with Gasteiger partial charge in [0.2, 0.25) is 5.91 Å². The van der Waals surface area contributed by atoms with Crippen LogP contribution in [0.15, 0.2) is 43.0 Å². The molecule has 0 aliphatic carbocycles. The summed E-state index contributed by atoms with van der Waals surface area (Å²) in [5.41, 5.74) is 1.13. The van der Waals surface area contributed by atoms with Gasteiger partial charge in [-0.05, 0) is 24.1 Å². The van der Waals surface area contributed by atoms with Gasteiger partial charge < -0.3 is 10.1 Å². The Morgan fingerprint density at radius 3 is 2.88 bits per heavy atom. The molecule has 7 heteroatoms. The molecule has 1 fully saturated rings. The number of aryl methyl sites for hydroxylation is 1. The lowest BCUT2D eigenvalue weighted by molar-refractivity contribution is -0.121. The number of nitrogens with zero attached hydrogens (tertiary/aromatic N) is 4. The van der Waals surface area contributed by atoms with E-state index in [-0.39, 0.29) is 11.9 Å². The Morgan fingerprint density at radius 2 is 2.16 bits per heavy atom. The quantitative estimate of drug-likeness (QED) is 0.781. The highest BCUT2D eigenvalue weighted by molar-refractivity contribution is 5.75. The zero-order chi connectivity index (χ0) is 17.3. The summed E-state index contributed by atoms with van der Waals surface area (Å²) in [6.07, 6.45) is 8.60. The third-order valence-electron chi connectivity index (χ3n) is 4.40. The van der Waals surface area contributed by atoms with Crippen molar-refractivity contribution in [2.24, 2.45) is 0 Å². The van der Waals surface area contributed by atoms with Gasteiger partial charge in [0.25, 0.3) is 0 Å². The summed E-state index contributed by atoms with van der Waals surface area (Å²) in [6, 6.07) is 6.03. The molecular weight excluding hydrogens is 318 g/mol. The van der Waals surface area contributed by atoms with Gasteiger partial charge in [-0.1, -0.05) is 6.07 Å². The van der Waals surface area contributed by atoms with Crippen LogP contribution < -0.4 is 5.32 Å². The van der Waals surface area contributed by atoms with Crippen molar-refractivity contribution in [3.63, 3.8) is 0 Å². The maximum atomic E-state index is 12.2. The molecule has 0 saturated carbocycles. The van der Waals surface area contributed by atoms with Crippen LogP contribution in [0.25, 0.3) is 0 Å².